The Balaban J connectivity index is 1.87. The van der Waals surface area contributed by atoms with Crippen LogP contribution in [0.2, 0.25) is 0 Å². The van der Waals surface area contributed by atoms with Crippen molar-refractivity contribution in [2.45, 2.75) is 32.2 Å². The summed E-state index contributed by atoms with van der Waals surface area (Å²) in [5.74, 6) is 0.0232. The summed E-state index contributed by atoms with van der Waals surface area (Å²) in [6.45, 7) is 2.78. The number of aromatic amines is 1. The number of hydrogen-bond donors (Lipinski definition) is 1. The molecule has 1 N–H and O–H groups in total. The molecule has 19 heavy (non-hydrogen) atoms. The molecule has 1 aliphatic heterocycles. The smallest absolute Gasteiger partial charge is 0.272 e. The Bertz CT molecular complexity index is 563. The Morgan fingerprint density at radius 3 is 3.11 bits per heavy atom. The lowest BCUT2D eigenvalue weighted by Crippen LogP contribution is -2.38. The first-order valence-corrected chi connectivity index (χ1v) is 7.36. The fourth-order valence-corrected chi connectivity index (χ4v) is 3.43. The van der Waals surface area contributed by atoms with Crippen molar-refractivity contribution in [3.63, 3.8) is 0 Å². The van der Waals surface area contributed by atoms with Gasteiger partial charge in [-0.25, -0.2) is 4.98 Å². The molecule has 2 aromatic rings. The second-order valence-electron chi connectivity index (χ2n) is 4.81. The van der Waals surface area contributed by atoms with Crippen LogP contribution in [0.1, 0.15) is 46.5 Å². The molecule has 0 aliphatic carbocycles. The number of carbonyl (C=O) groups excluding carboxylic acids is 1. The van der Waals surface area contributed by atoms with Crippen molar-refractivity contribution in [3.05, 3.63) is 34.0 Å². The normalized spacial score (nSPS) is 19.6. The summed E-state index contributed by atoms with van der Waals surface area (Å²) in [5, 5.41) is 9.70. The number of piperidine rings is 1. The highest BCUT2D eigenvalue weighted by Crippen LogP contribution is 2.33. The maximum Gasteiger partial charge on any atom is 0.272 e. The van der Waals surface area contributed by atoms with Crippen LogP contribution in [0.5, 0.6) is 0 Å². The van der Waals surface area contributed by atoms with E-state index in [1.54, 1.807) is 23.6 Å². The van der Waals surface area contributed by atoms with Crippen molar-refractivity contribution in [1.82, 2.24) is 20.1 Å². The SMILES string of the molecule is Cc1csc(C2CCCCN2C(=O)c2ccn[nH]2)n1. The van der Waals surface area contributed by atoms with E-state index >= 15 is 0 Å². The zero-order valence-corrected chi connectivity index (χ0v) is 11.6. The van der Waals surface area contributed by atoms with Crippen molar-refractivity contribution in [3.8, 4) is 0 Å². The molecule has 5 nitrogen and oxygen atoms in total. The standard InChI is InChI=1S/C13H16N4OS/c1-9-8-19-12(15-9)11-4-2-3-7-17(11)13(18)10-5-6-14-16-10/h5-6,8,11H,2-4,7H2,1H3,(H,14,16). The third kappa shape index (κ3) is 2.40. The number of carbonyl (C=O) groups is 1. The van der Waals surface area contributed by atoms with E-state index in [0.29, 0.717) is 5.69 Å². The van der Waals surface area contributed by atoms with Crippen LogP contribution < -0.4 is 0 Å². The number of thiazole rings is 1. The van der Waals surface area contributed by atoms with Crippen molar-refractivity contribution in [1.29, 1.82) is 0 Å². The van der Waals surface area contributed by atoms with Gasteiger partial charge in [-0.1, -0.05) is 0 Å². The lowest BCUT2D eigenvalue weighted by atomic mass is 10.0. The van der Waals surface area contributed by atoms with Gasteiger partial charge in [0.1, 0.15) is 10.7 Å². The van der Waals surface area contributed by atoms with Gasteiger partial charge >= 0.3 is 0 Å². The number of aromatic nitrogens is 3. The molecule has 1 unspecified atom stereocenters. The number of nitrogens with zero attached hydrogens (tertiary/aromatic N) is 3. The molecule has 0 saturated carbocycles. The number of rotatable bonds is 2. The van der Waals surface area contributed by atoms with Gasteiger partial charge in [-0.15, -0.1) is 11.3 Å². The minimum atomic E-state index is 0.0232. The Morgan fingerprint density at radius 2 is 2.42 bits per heavy atom. The van der Waals surface area contributed by atoms with E-state index in [1.165, 1.54) is 0 Å². The van der Waals surface area contributed by atoms with E-state index in [0.717, 1.165) is 36.5 Å². The summed E-state index contributed by atoms with van der Waals surface area (Å²) in [7, 11) is 0. The van der Waals surface area contributed by atoms with Gasteiger partial charge in [-0.05, 0) is 32.3 Å². The van der Waals surface area contributed by atoms with Crippen molar-refractivity contribution < 1.29 is 4.79 Å². The van der Waals surface area contributed by atoms with Crippen molar-refractivity contribution >= 4 is 17.2 Å². The van der Waals surface area contributed by atoms with E-state index in [1.807, 2.05) is 17.2 Å². The molecule has 100 valence electrons. The molecular weight excluding hydrogens is 260 g/mol. The number of H-pyrrole nitrogens is 1. The maximum atomic E-state index is 12.5. The lowest BCUT2D eigenvalue weighted by Gasteiger charge is -2.34. The summed E-state index contributed by atoms with van der Waals surface area (Å²) in [6.07, 6.45) is 4.81. The van der Waals surface area contributed by atoms with Crippen LogP contribution in [-0.2, 0) is 0 Å². The first-order chi connectivity index (χ1) is 9.25. The first kappa shape index (κ1) is 12.3. The first-order valence-electron chi connectivity index (χ1n) is 6.48. The molecule has 0 spiro atoms. The molecule has 0 aromatic carbocycles. The minimum Gasteiger partial charge on any atom is -0.328 e. The van der Waals surface area contributed by atoms with Gasteiger partial charge in [0.05, 0.1) is 6.04 Å². The average Bonchev–Trinajstić information content (AvgIpc) is 3.09. The van der Waals surface area contributed by atoms with Crippen molar-refractivity contribution in [2.24, 2.45) is 0 Å². The Morgan fingerprint density at radius 1 is 1.53 bits per heavy atom. The maximum absolute atomic E-state index is 12.5. The topological polar surface area (TPSA) is 61.9 Å². The zero-order valence-electron chi connectivity index (χ0n) is 10.8. The summed E-state index contributed by atoms with van der Waals surface area (Å²) in [4.78, 5) is 19.0. The summed E-state index contributed by atoms with van der Waals surface area (Å²) in [6, 6.07) is 1.84. The highest BCUT2D eigenvalue weighted by molar-refractivity contribution is 7.09. The van der Waals surface area contributed by atoms with Crippen LogP contribution in [0.25, 0.3) is 0 Å². The van der Waals surface area contributed by atoms with E-state index in [9.17, 15) is 4.79 Å². The van der Waals surface area contributed by atoms with Gasteiger partial charge < -0.3 is 4.90 Å². The quantitative estimate of drug-likeness (QED) is 0.917. The molecule has 1 aliphatic rings. The molecule has 1 atom stereocenters. The average molecular weight is 276 g/mol. The third-order valence-electron chi connectivity index (χ3n) is 3.42. The van der Waals surface area contributed by atoms with Crippen molar-refractivity contribution in [2.75, 3.05) is 6.54 Å². The van der Waals surface area contributed by atoms with Crippen LogP contribution >= 0.6 is 11.3 Å². The number of aryl methyl sites for hydroxylation is 1. The molecule has 0 bridgehead atoms. The van der Waals surface area contributed by atoms with E-state index in [-0.39, 0.29) is 11.9 Å². The molecule has 1 fully saturated rings. The van der Waals surface area contributed by atoms with Crippen LogP contribution in [-0.4, -0.2) is 32.5 Å². The van der Waals surface area contributed by atoms with E-state index in [2.05, 4.69) is 15.2 Å². The van der Waals surface area contributed by atoms with Gasteiger partial charge in [-0.2, -0.15) is 5.10 Å². The fraction of sp³-hybridized carbons (Fsp3) is 0.462. The molecule has 3 heterocycles. The molecule has 0 radical (unpaired) electrons. The lowest BCUT2D eigenvalue weighted by molar-refractivity contribution is 0.0605. The highest BCUT2D eigenvalue weighted by Gasteiger charge is 2.30. The Kier molecular flexibility index (Phi) is 3.33. The van der Waals surface area contributed by atoms with Gasteiger partial charge in [0.2, 0.25) is 0 Å². The Labute approximate surface area is 115 Å². The van der Waals surface area contributed by atoms with Gasteiger partial charge in [0.15, 0.2) is 0 Å². The van der Waals surface area contributed by atoms with E-state index < -0.39 is 0 Å². The van der Waals surface area contributed by atoms with E-state index in [4.69, 9.17) is 0 Å². The number of likely N-dealkylation sites (tertiary alicyclic amines) is 1. The van der Waals surface area contributed by atoms with Crippen LogP contribution in [0.3, 0.4) is 0 Å². The molecule has 1 saturated heterocycles. The Hall–Kier alpha value is -1.69. The molecule has 3 rings (SSSR count). The number of hydrogen-bond acceptors (Lipinski definition) is 4. The summed E-state index contributed by atoms with van der Waals surface area (Å²) >= 11 is 1.64. The fourth-order valence-electron chi connectivity index (χ4n) is 2.49. The zero-order chi connectivity index (χ0) is 13.2. The molecule has 1 amide bonds. The summed E-state index contributed by atoms with van der Waals surface area (Å²) in [5.41, 5.74) is 1.58. The predicted octanol–water partition coefficient (Wildman–Crippen LogP) is 2.54. The van der Waals surface area contributed by atoms with Crippen LogP contribution in [0.4, 0.5) is 0 Å². The number of nitrogens with one attached hydrogen (secondary N) is 1. The van der Waals surface area contributed by atoms with Crippen LogP contribution in [0, 0.1) is 6.92 Å². The van der Waals surface area contributed by atoms with Gasteiger partial charge in [0, 0.05) is 23.8 Å². The summed E-state index contributed by atoms with van der Waals surface area (Å²) < 4.78 is 0. The monoisotopic (exact) mass is 276 g/mol. The largest absolute Gasteiger partial charge is 0.328 e. The molecule has 6 heteroatoms. The molecular formula is C13H16N4OS. The van der Waals surface area contributed by atoms with Gasteiger partial charge in [-0.3, -0.25) is 9.89 Å². The highest BCUT2D eigenvalue weighted by atomic mass is 32.1. The minimum absolute atomic E-state index is 0.0232. The predicted molar refractivity (Wildman–Crippen MR) is 73.1 cm³/mol. The molecule has 2 aromatic heterocycles. The number of amides is 1. The van der Waals surface area contributed by atoms with Gasteiger partial charge in [0.25, 0.3) is 5.91 Å². The second kappa shape index (κ2) is 5.13. The van der Waals surface area contributed by atoms with Crippen LogP contribution in [0.15, 0.2) is 17.6 Å². The third-order valence-corrected chi connectivity index (χ3v) is 4.48. The second-order valence-corrected chi connectivity index (χ2v) is 5.70.